The Hall–Kier alpha value is -0.810. The van der Waals surface area contributed by atoms with Gasteiger partial charge < -0.3 is 5.73 Å². The lowest BCUT2D eigenvalue weighted by Crippen LogP contribution is -2.27. The number of carbonyl (C=O) groups is 1. The van der Waals surface area contributed by atoms with Crippen LogP contribution in [0.1, 0.15) is 27.2 Å². The Morgan fingerprint density at radius 1 is 1.50 bits per heavy atom. The van der Waals surface area contributed by atoms with E-state index in [-0.39, 0.29) is 11.7 Å². The molecule has 2 N–H and O–H groups in total. The minimum atomic E-state index is -0.0224. The molecule has 0 aromatic heterocycles. The molecule has 0 aliphatic rings. The van der Waals surface area contributed by atoms with Crippen molar-refractivity contribution in [2.24, 2.45) is 17.6 Å². The van der Waals surface area contributed by atoms with E-state index < -0.39 is 0 Å². The van der Waals surface area contributed by atoms with Crippen LogP contribution in [0.2, 0.25) is 0 Å². The summed E-state index contributed by atoms with van der Waals surface area (Å²) in [6, 6.07) is 0. The summed E-state index contributed by atoms with van der Waals surface area (Å²) >= 11 is 0. The number of carbonyl (C=O) groups excluding carboxylic acids is 1. The van der Waals surface area contributed by atoms with Gasteiger partial charge in [-0.2, -0.15) is 0 Å². The molecule has 0 aromatic rings. The van der Waals surface area contributed by atoms with E-state index in [2.05, 4.69) is 11.8 Å². The first-order valence-corrected chi connectivity index (χ1v) is 4.25. The second-order valence-corrected chi connectivity index (χ2v) is 3.16. The van der Waals surface area contributed by atoms with Crippen LogP contribution in [0.5, 0.6) is 0 Å². The third kappa shape index (κ3) is 3.54. The average molecular weight is 167 g/mol. The van der Waals surface area contributed by atoms with E-state index in [1.54, 1.807) is 6.92 Å². The summed E-state index contributed by atoms with van der Waals surface area (Å²) in [6.07, 6.45) is 0.344. The van der Waals surface area contributed by atoms with Crippen molar-refractivity contribution in [1.82, 2.24) is 0 Å². The quantitative estimate of drug-likeness (QED) is 0.639. The average Bonchev–Trinajstić information content (AvgIpc) is 2.01. The number of Topliss-reactive ketones (excluding diaryl/α,β-unsaturated/α-hetero) is 1. The Labute approximate surface area is 74.5 Å². The van der Waals surface area contributed by atoms with Crippen LogP contribution in [0.25, 0.3) is 0 Å². The van der Waals surface area contributed by atoms with Gasteiger partial charge in [0.1, 0.15) is 5.78 Å². The third-order valence-electron chi connectivity index (χ3n) is 1.91. The maximum atomic E-state index is 11.4. The number of rotatable bonds is 4. The van der Waals surface area contributed by atoms with Gasteiger partial charge >= 0.3 is 0 Å². The zero-order valence-electron chi connectivity index (χ0n) is 8.05. The largest absolute Gasteiger partial charge is 0.330 e. The molecule has 0 saturated carbocycles. The molecule has 0 heterocycles. The Kier molecular flexibility index (Phi) is 5.40. The molecule has 0 fully saturated rings. The number of ketones is 1. The van der Waals surface area contributed by atoms with Gasteiger partial charge in [-0.1, -0.05) is 19.8 Å². The SMILES string of the molecule is CC#CCC(=O)C(CN)C(C)C. The second kappa shape index (κ2) is 5.79. The number of hydrogen-bond acceptors (Lipinski definition) is 2. The van der Waals surface area contributed by atoms with E-state index >= 15 is 0 Å². The van der Waals surface area contributed by atoms with Crippen molar-refractivity contribution in [2.45, 2.75) is 27.2 Å². The summed E-state index contributed by atoms with van der Waals surface area (Å²) in [7, 11) is 0. The van der Waals surface area contributed by atoms with Gasteiger partial charge in [0.2, 0.25) is 0 Å². The summed E-state index contributed by atoms with van der Waals surface area (Å²) < 4.78 is 0. The normalized spacial score (nSPS) is 12.1. The zero-order valence-corrected chi connectivity index (χ0v) is 8.05. The Bertz CT molecular complexity index is 198. The standard InChI is InChI=1S/C10H17NO/c1-4-5-6-10(12)9(7-11)8(2)3/h8-9H,6-7,11H2,1-3H3. The highest BCUT2D eigenvalue weighted by atomic mass is 16.1. The lowest BCUT2D eigenvalue weighted by atomic mass is 9.90. The topological polar surface area (TPSA) is 43.1 Å². The smallest absolute Gasteiger partial charge is 0.149 e. The molecule has 0 radical (unpaired) electrons. The van der Waals surface area contributed by atoms with Crippen LogP contribution in [-0.4, -0.2) is 12.3 Å². The molecule has 2 heteroatoms. The van der Waals surface area contributed by atoms with Gasteiger partial charge in [-0.15, -0.1) is 5.92 Å². The first-order valence-electron chi connectivity index (χ1n) is 4.25. The molecule has 0 aliphatic heterocycles. The molecule has 0 aromatic carbocycles. The van der Waals surface area contributed by atoms with Crippen LogP contribution >= 0.6 is 0 Å². The van der Waals surface area contributed by atoms with Crippen molar-refractivity contribution < 1.29 is 4.79 Å². The first kappa shape index (κ1) is 11.2. The fourth-order valence-corrected chi connectivity index (χ4v) is 1.08. The van der Waals surface area contributed by atoms with Gasteiger partial charge in [0, 0.05) is 12.5 Å². The summed E-state index contributed by atoms with van der Waals surface area (Å²) in [5, 5.41) is 0. The monoisotopic (exact) mass is 167 g/mol. The molecule has 12 heavy (non-hydrogen) atoms. The highest BCUT2D eigenvalue weighted by Crippen LogP contribution is 2.11. The first-order chi connectivity index (χ1) is 5.63. The Morgan fingerprint density at radius 2 is 2.08 bits per heavy atom. The van der Waals surface area contributed by atoms with Gasteiger partial charge in [-0.3, -0.25) is 4.79 Å². The summed E-state index contributed by atoms with van der Waals surface area (Å²) in [5.74, 6) is 5.93. The van der Waals surface area contributed by atoms with Crippen molar-refractivity contribution in [2.75, 3.05) is 6.54 Å². The fraction of sp³-hybridized carbons (Fsp3) is 0.700. The van der Waals surface area contributed by atoms with Crippen molar-refractivity contribution in [1.29, 1.82) is 0 Å². The van der Waals surface area contributed by atoms with Gasteiger partial charge in [0.15, 0.2) is 0 Å². The van der Waals surface area contributed by atoms with Crippen molar-refractivity contribution >= 4 is 5.78 Å². The van der Waals surface area contributed by atoms with Crippen molar-refractivity contribution in [3.05, 3.63) is 0 Å². The van der Waals surface area contributed by atoms with Gasteiger partial charge in [0.05, 0.1) is 6.42 Å². The molecule has 0 amide bonds. The van der Waals surface area contributed by atoms with Crippen molar-refractivity contribution in [3.8, 4) is 11.8 Å². The van der Waals surface area contributed by atoms with Crippen LogP contribution in [-0.2, 0) is 4.79 Å². The fourth-order valence-electron chi connectivity index (χ4n) is 1.08. The predicted molar refractivity (Wildman–Crippen MR) is 50.5 cm³/mol. The molecule has 1 unspecified atom stereocenters. The van der Waals surface area contributed by atoms with Crippen LogP contribution in [0.3, 0.4) is 0 Å². The van der Waals surface area contributed by atoms with Gasteiger partial charge in [0.25, 0.3) is 0 Å². The van der Waals surface area contributed by atoms with Crippen LogP contribution in [0.15, 0.2) is 0 Å². The summed E-state index contributed by atoms with van der Waals surface area (Å²) in [4.78, 5) is 11.4. The number of hydrogen-bond donors (Lipinski definition) is 1. The van der Waals surface area contributed by atoms with E-state index in [1.165, 1.54) is 0 Å². The molecule has 1 atom stereocenters. The minimum absolute atomic E-state index is 0.0224. The second-order valence-electron chi connectivity index (χ2n) is 3.16. The van der Waals surface area contributed by atoms with E-state index in [4.69, 9.17) is 5.73 Å². The molecular weight excluding hydrogens is 150 g/mol. The molecular formula is C10H17NO. The molecule has 0 saturated heterocycles. The lowest BCUT2D eigenvalue weighted by molar-refractivity contribution is -0.122. The maximum absolute atomic E-state index is 11.4. The Morgan fingerprint density at radius 3 is 2.42 bits per heavy atom. The minimum Gasteiger partial charge on any atom is -0.330 e. The molecule has 0 bridgehead atoms. The van der Waals surface area contributed by atoms with E-state index in [1.807, 2.05) is 13.8 Å². The number of nitrogens with two attached hydrogens (primary N) is 1. The molecule has 0 rings (SSSR count). The van der Waals surface area contributed by atoms with E-state index in [9.17, 15) is 4.79 Å². The molecule has 0 aliphatic carbocycles. The third-order valence-corrected chi connectivity index (χ3v) is 1.91. The van der Waals surface area contributed by atoms with E-state index in [0.717, 1.165) is 0 Å². The molecule has 68 valence electrons. The highest BCUT2D eigenvalue weighted by Gasteiger charge is 2.18. The maximum Gasteiger partial charge on any atom is 0.149 e. The highest BCUT2D eigenvalue weighted by molar-refractivity contribution is 5.83. The Balaban J connectivity index is 4.09. The van der Waals surface area contributed by atoms with Crippen LogP contribution in [0.4, 0.5) is 0 Å². The summed E-state index contributed by atoms with van der Waals surface area (Å²) in [6.45, 7) is 6.19. The van der Waals surface area contributed by atoms with Crippen molar-refractivity contribution in [3.63, 3.8) is 0 Å². The molecule has 0 spiro atoms. The van der Waals surface area contributed by atoms with Gasteiger partial charge in [-0.25, -0.2) is 0 Å². The van der Waals surface area contributed by atoms with Gasteiger partial charge in [-0.05, 0) is 12.8 Å². The molecule has 2 nitrogen and oxygen atoms in total. The summed E-state index contributed by atoms with van der Waals surface area (Å²) in [5.41, 5.74) is 5.48. The lowest BCUT2D eigenvalue weighted by Gasteiger charge is -2.15. The van der Waals surface area contributed by atoms with E-state index in [0.29, 0.717) is 18.9 Å². The van der Waals surface area contributed by atoms with Crippen LogP contribution in [0, 0.1) is 23.7 Å². The zero-order chi connectivity index (χ0) is 9.56. The predicted octanol–water partition coefficient (Wildman–Crippen LogP) is 1.20. The van der Waals surface area contributed by atoms with Crippen LogP contribution < -0.4 is 5.73 Å².